The zero-order chi connectivity index (χ0) is 38.0. The predicted molar refractivity (Wildman–Crippen MR) is 190 cm³/mol. The van der Waals surface area contributed by atoms with E-state index < -0.39 is 34.5 Å². The Kier molecular flexibility index (Phi) is 10.2. The number of hydrogen-bond acceptors (Lipinski definition) is 9. The monoisotopic (exact) mass is 828 g/mol. The zero-order valence-corrected chi connectivity index (χ0v) is 31.7. The van der Waals surface area contributed by atoms with Gasteiger partial charge in [-0.3, -0.25) is 14.4 Å². The van der Waals surface area contributed by atoms with Crippen molar-refractivity contribution in [1.82, 2.24) is 29.5 Å². The molecule has 6 heterocycles. The van der Waals surface area contributed by atoms with E-state index in [9.17, 15) is 26.7 Å². The molecule has 286 valence electrons. The fraction of sp³-hybridized carbons (Fsp3) is 0.543. The Hall–Kier alpha value is -3.54. The quantitative estimate of drug-likeness (QED) is 0.201. The fourth-order valence-corrected chi connectivity index (χ4v) is 9.32. The van der Waals surface area contributed by atoms with Gasteiger partial charge in [0.05, 0.1) is 51.2 Å². The van der Waals surface area contributed by atoms with Crippen LogP contribution in [0, 0.1) is 11.8 Å². The maximum atomic E-state index is 14.3. The summed E-state index contributed by atoms with van der Waals surface area (Å²) in [6, 6.07) is 2.31. The Balaban J connectivity index is 1.26. The van der Waals surface area contributed by atoms with E-state index in [4.69, 9.17) is 36.8 Å². The lowest BCUT2D eigenvalue weighted by atomic mass is 9.88. The zero-order valence-electron chi connectivity index (χ0n) is 29.3. The highest BCUT2D eigenvalue weighted by Gasteiger charge is 2.51. The van der Waals surface area contributed by atoms with Crippen molar-refractivity contribution in [2.45, 2.75) is 70.1 Å². The average molecular weight is 830 g/mol. The van der Waals surface area contributed by atoms with E-state index in [1.165, 1.54) is 11.0 Å². The second-order valence-electron chi connectivity index (χ2n) is 14.7. The van der Waals surface area contributed by atoms with E-state index in [2.05, 4.69) is 32.9 Å². The lowest BCUT2D eigenvalue weighted by Gasteiger charge is -2.33. The third kappa shape index (κ3) is 7.33. The summed E-state index contributed by atoms with van der Waals surface area (Å²) >= 11 is 9.70. The van der Waals surface area contributed by atoms with Crippen LogP contribution in [0.1, 0.15) is 70.9 Å². The highest BCUT2D eigenvalue weighted by Crippen LogP contribution is 2.47. The van der Waals surface area contributed by atoms with E-state index in [1.54, 1.807) is 18.8 Å². The van der Waals surface area contributed by atoms with Crippen molar-refractivity contribution in [3.8, 4) is 6.01 Å². The van der Waals surface area contributed by atoms with Crippen LogP contribution >= 0.6 is 27.5 Å². The van der Waals surface area contributed by atoms with Gasteiger partial charge in [0.1, 0.15) is 12.4 Å². The molecule has 1 amide bonds. The Morgan fingerprint density at radius 2 is 1.98 bits per heavy atom. The van der Waals surface area contributed by atoms with Gasteiger partial charge in [-0.05, 0) is 70.8 Å². The molecule has 0 aliphatic carbocycles. The first-order valence-electron chi connectivity index (χ1n) is 17.3. The van der Waals surface area contributed by atoms with Gasteiger partial charge in [0.2, 0.25) is 0 Å². The lowest BCUT2D eigenvalue weighted by Crippen LogP contribution is -2.43. The molecule has 4 aliphatic rings. The number of fused-ring (bicyclic) bond motifs is 3. The minimum Gasteiger partial charge on any atom is -0.461 e. The van der Waals surface area contributed by atoms with Gasteiger partial charge < -0.3 is 25.0 Å². The van der Waals surface area contributed by atoms with Crippen molar-refractivity contribution in [1.29, 1.82) is 0 Å². The molecule has 1 unspecified atom stereocenters. The minimum atomic E-state index is -4.77. The molecule has 2 saturated heterocycles. The number of aryl methyl sites for hydroxylation is 1. The SMILES string of the molecule is CC1CN2C[C@@H](C=C(F)F)C[C@@]2(COc2nc3c(c(N4CCCn5nc(C(=O)N(C)C)c(Br)c5C4)n2)CO[C@@H](c2cc(N)cc(Cl)c2C(F)(F)F)C3)C1. The van der Waals surface area contributed by atoms with Gasteiger partial charge in [-0.1, -0.05) is 18.5 Å². The van der Waals surface area contributed by atoms with E-state index in [0.717, 1.165) is 30.8 Å². The van der Waals surface area contributed by atoms with Crippen LogP contribution in [0.5, 0.6) is 6.01 Å². The first-order valence-corrected chi connectivity index (χ1v) is 18.5. The van der Waals surface area contributed by atoms with Crippen LogP contribution in [0.15, 0.2) is 28.8 Å². The molecule has 0 bridgehead atoms. The van der Waals surface area contributed by atoms with Crippen LogP contribution in [0.2, 0.25) is 5.02 Å². The van der Waals surface area contributed by atoms with Crippen LogP contribution < -0.4 is 15.4 Å². The van der Waals surface area contributed by atoms with Crippen LogP contribution in [-0.4, -0.2) is 81.3 Å². The number of nitrogen functional groups attached to an aromatic ring is 1. The van der Waals surface area contributed by atoms with Crippen LogP contribution in [0.3, 0.4) is 0 Å². The first-order chi connectivity index (χ1) is 25.0. The molecular formula is C35H39BrClF5N8O3. The number of ether oxygens (including phenoxy) is 2. The van der Waals surface area contributed by atoms with Gasteiger partial charge in [0, 0.05) is 57.9 Å². The van der Waals surface area contributed by atoms with Gasteiger partial charge in [-0.2, -0.15) is 37.0 Å². The number of benzene rings is 1. The predicted octanol–water partition coefficient (Wildman–Crippen LogP) is 6.88. The molecule has 3 aromatic rings. The maximum Gasteiger partial charge on any atom is 0.418 e. The molecule has 7 rings (SSSR count). The van der Waals surface area contributed by atoms with Gasteiger partial charge in [-0.25, -0.2) is 0 Å². The third-order valence-electron chi connectivity index (χ3n) is 10.5. The summed E-state index contributed by atoms with van der Waals surface area (Å²) in [7, 11) is 3.30. The number of alkyl halides is 3. The largest absolute Gasteiger partial charge is 0.461 e. The number of hydrogen-bond donors (Lipinski definition) is 1. The molecule has 0 saturated carbocycles. The summed E-state index contributed by atoms with van der Waals surface area (Å²) in [6.07, 6.45) is -4.75. The standard InChI is InChI=1S/C35H39BrClF5N8O3/c1-18-11-34(12-19(7-27(38)39)14-49(34)13-18)17-53-33-44-24-10-26(21-8-20(43)9-23(37)28(21)35(40,41)42)52-16-22(24)31(45-33)48-5-4-6-50-25(15-48)29(36)30(46-50)32(51)47(2)3/h7-9,18-19,26H,4-6,10-17,43H2,1-3H3/t18?,19-,26+,34+/m0/s1. The first kappa shape index (κ1) is 37.8. The maximum absolute atomic E-state index is 14.3. The number of nitrogens with zero attached hydrogens (tertiary/aromatic N) is 7. The highest BCUT2D eigenvalue weighted by molar-refractivity contribution is 9.10. The number of halogens is 7. The van der Waals surface area contributed by atoms with Crippen LogP contribution in [0.25, 0.3) is 0 Å². The number of carbonyl (C=O) groups is 1. The van der Waals surface area contributed by atoms with Crippen molar-refractivity contribution < 1.29 is 36.2 Å². The molecule has 4 atom stereocenters. The molecule has 0 radical (unpaired) electrons. The number of nitrogens with two attached hydrogens (primary N) is 1. The summed E-state index contributed by atoms with van der Waals surface area (Å²) < 4.78 is 84.4. The molecule has 2 N–H and O–H groups in total. The Labute approximate surface area is 316 Å². The fourth-order valence-electron chi connectivity index (χ4n) is 8.40. The molecule has 11 nitrogen and oxygen atoms in total. The molecule has 4 aliphatic heterocycles. The van der Waals surface area contributed by atoms with Crippen molar-refractivity contribution in [3.05, 3.63) is 67.6 Å². The van der Waals surface area contributed by atoms with Crippen molar-refractivity contribution in [2.24, 2.45) is 11.8 Å². The number of aromatic nitrogens is 4. The average Bonchev–Trinajstić information content (AvgIpc) is 3.59. The normalized spacial score (nSPS) is 24.3. The van der Waals surface area contributed by atoms with Crippen LogP contribution in [-0.2, 0) is 37.0 Å². The van der Waals surface area contributed by atoms with Gasteiger partial charge in [0.15, 0.2) is 5.69 Å². The summed E-state index contributed by atoms with van der Waals surface area (Å²) in [5.74, 6) is 0.223. The Morgan fingerprint density at radius 3 is 2.70 bits per heavy atom. The number of carbonyl (C=O) groups excluding carboxylic acids is 1. The molecule has 0 spiro atoms. The van der Waals surface area contributed by atoms with Gasteiger partial charge in [-0.15, -0.1) is 0 Å². The third-order valence-corrected chi connectivity index (χ3v) is 11.7. The minimum absolute atomic E-state index is 0.0193. The number of rotatable bonds is 7. The second kappa shape index (κ2) is 14.3. The molecule has 2 aromatic heterocycles. The molecule has 18 heteroatoms. The van der Waals surface area contributed by atoms with Gasteiger partial charge in [0.25, 0.3) is 12.0 Å². The van der Waals surface area contributed by atoms with Crippen molar-refractivity contribution >= 4 is 44.9 Å². The van der Waals surface area contributed by atoms with Gasteiger partial charge >= 0.3 is 12.2 Å². The van der Waals surface area contributed by atoms with E-state index in [1.807, 2.05) is 4.90 Å². The van der Waals surface area contributed by atoms with E-state index in [-0.39, 0.29) is 54.4 Å². The molecule has 1 aromatic carbocycles. The smallest absolute Gasteiger partial charge is 0.418 e. The lowest BCUT2D eigenvalue weighted by molar-refractivity contribution is -0.139. The summed E-state index contributed by atoms with van der Waals surface area (Å²) in [6.45, 7) is 4.73. The highest BCUT2D eigenvalue weighted by atomic mass is 79.9. The number of amides is 1. The topological polar surface area (TPSA) is 115 Å². The number of anilines is 2. The second-order valence-corrected chi connectivity index (χ2v) is 15.9. The Bertz CT molecular complexity index is 1960. The van der Waals surface area contributed by atoms with E-state index >= 15 is 0 Å². The van der Waals surface area contributed by atoms with Crippen molar-refractivity contribution in [2.75, 3.05) is 51.0 Å². The van der Waals surface area contributed by atoms with Crippen LogP contribution in [0.4, 0.5) is 33.5 Å². The van der Waals surface area contributed by atoms with Crippen molar-refractivity contribution in [3.63, 3.8) is 0 Å². The summed E-state index contributed by atoms with van der Waals surface area (Å²) in [4.78, 5) is 28.2. The molecular weight excluding hydrogens is 791 g/mol. The Morgan fingerprint density at radius 1 is 1.21 bits per heavy atom. The van der Waals surface area contributed by atoms with E-state index in [0.29, 0.717) is 66.5 Å². The molecule has 2 fully saturated rings. The summed E-state index contributed by atoms with van der Waals surface area (Å²) in [5.41, 5.74) is 6.36. The molecule has 53 heavy (non-hydrogen) atoms. The summed E-state index contributed by atoms with van der Waals surface area (Å²) in [5, 5.41) is 4.06.